The van der Waals surface area contributed by atoms with E-state index in [1.807, 2.05) is 12.1 Å². The van der Waals surface area contributed by atoms with Crippen LogP contribution in [-0.4, -0.2) is 26.1 Å². The lowest BCUT2D eigenvalue weighted by atomic mass is 10.2. The normalized spacial score (nSPS) is 13.2. The molecular formula is C22H28O2Si. The van der Waals surface area contributed by atoms with Crippen molar-refractivity contribution in [3.8, 4) is 12.3 Å². The van der Waals surface area contributed by atoms with Crippen molar-refractivity contribution in [2.75, 3.05) is 6.61 Å². The lowest BCUT2D eigenvalue weighted by molar-refractivity contribution is 0.141. The average Bonchev–Trinajstić information content (AvgIpc) is 2.59. The molecule has 0 bridgehead atoms. The summed E-state index contributed by atoms with van der Waals surface area (Å²) in [4.78, 5) is 0. The van der Waals surface area contributed by atoms with Crippen molar-refractivity contribution < 1.29 is 9.53 Å². The van der Waals surface area contributed by atoms with Crippen LogP contribution in [0.25, 0.3) is 0 Å². The molecule has 0 aliphatic rings. The number of hydrogen-bond donors (Lipinski definition) is 1. The summed E-state index contributed by atoms with van der Waals surface area (Å²) in [5.74, 6) is 2.51. The lowest BCUT2D eigenvalue weighted by Crippen LogP contribution is -2.66. The topological polar surface area (TPSA) is 29.5 Å². The van der Waals surface area contributed by atoms with Crippen LogP contribution in [0.4, 0.5) is 0 Å². The van der Waals surface area contributed by atoms with Crippen LogP contribution in [0.1, 0.15) is 33.6 Å². The standard InChI is InChI=1S/C22H28O2Si/c1-5-12-19(23)17-18-24-25(22(2,3)4,20-13-8-6-9-14-20)21-15-10-7-11-16-21/h1,6-11,13-16,19,23H,12,17-18H2,2-4H3/t19-/m1/s1. The molecule has 0 aliphatic heterocycles. The molecule has 0 saturated heterocycles. The van der Waals surface area contributed by atoms with Gasteiger partial charge >= 0.3 is 0 Å². The molecule has 25 heavy (non-hydrogen) atoms. The van der Waals surface area contributed by atoms with E-state index < -0.39 is 14.4 Å². The van der Waals surface area contributed by atoms with Gasteiger partial charge in [-0.2, -0.15) is 0 Å². The summed E-state index contributed by atoms with van der Waals surface area (Å²) in [6.45, 7) is 7.24. The SMILES string of the molecule is C#CC[C@@H](O)CCO[Si](c1ccccc1)(c1ccccc1)C(C)(C)C. The summed E-state index contributed by atoms with van der Waals surface area (Å²) in [7, 11) is -2.50. The highest BCUT2D eigenvalue weighted by Gasteiger charge is 2.49. The van der Waals surface area contributed by atoms with Crippen LogP contribution in [0.5, 0.6) is 0 Å². The van der Waals surface area contributed by atoms with Crippen molar-refractivity contribution >= 4 is 18.7 Å². The Kier molecular flexibility index (Phi) is 6.61. The Labute approximate surface area is 153 Å². The van der Waals surface area contributed by atoms with Crippen molar-refractivity contribution in [1.82, 2.24) is 0 Å². The molecule has 2 aromatic rings. The van der Waals surface area contributed by atoms with Crippen molar-refractivity contribution in [1.29, 1.82) is 0 Å². The molecule has 0 saturated carbocycles. The molecule has 0 aromatic heterocycles. The van der Waals surface area contributed by atoms with Gasteiger partial charge in [0.25, 0.3) is 8.32 Å². The lowest BCUT2D eigenvalue weighted by Gasteiger charge is -2.43. The van der Waals surface area contributed by atoms with Gasteiger partial charge in [-0.3, -0.25) is 0 Å². The fraction of sp³-hybridized carbons (Fsp3) is 0.364. The molecule has 2 aromatic carbocycles. The number of benzene rings is 2. The predicted octanol–water partition coefficient (Wildman–Crippen LogP) is 3.34. The first-order valence-electron chi connectivity index (χ1n) is 8.78. The zero-order valence-corrected chi connectivity index (χ0v) is 16.4. The number of aliphatic hydroxyl groups is 1. The second-order valence-electron chi connectivity index (χ2n) is 7.36. The molecule has 0 unspecified atom stereocenters. The van der Waals surface area contributed by atoms with E-state index in [9.17, 15) is 5.11 Å². The third kappa shape index (κ3) is 4.41. The molecule has 0 spiro atoms. The maximum absolute atomic E-state index is 9.98. The molecule has 3 heteroatoms. The van der Waals surface area contributed by atoms with Gasteiger partial charge in [0.1, 0.15) is 0 Å². The summed E-state index contributed by atoms with van der Waals surface area (Å²) < 4.78 is 6.69. The van der Waals surface area contributed by atoms with Crippen LogP contribution in [0, 0.1) is 12.3 Å². The number of aliphatic hydroxyl groups excluding tert-OH is 1. The van der Waals surface area contributed by atoms with E-state index in [-0.39, 0.29) is 5.04 Å². The quantitative estimate of drug-likeness (QED) is 0.612. The van der Waals surface area contributed by atoms with Gasteiger partial charge in [0.2, 0.25) is 0 Å². The van der Waals surface area contributed by atoms with E-state index in [1.165, 1.54) is 10.4 Å². The Bertz CT molecular complexity index is 644. The Morgan fingerprint density at radius 3 is 1.88 bits per heavy atom. The first-order chi connectivity index (χ1) is 11.9. The summed E-state index contributed by atoms with van der Waals surface area (Å²) in [5, 5.41) is 12.4. The second-order valence-corrected chi connectivity index (χ2v) is 11.7. The molecule has 0 radical (unpaired) electrons. The van der Waals surface area contributed by atoms with E-state index in [4.69, 9.17) is 10.8 Å². The predicted molar refractivity (Wildman–Crippen MR) is 108 cm³/mol. The summed E-state index contributed by atoms with van der Waals surface area (Å²) in [6, 6.07) is 21.0. The highest BCUT2D eigenvalue weighted by atomic mass is 28.4. The Hall–Kier alpha value is -1.86. The van der Waals surface area contributed by atoms with E-state index in [0.29, 0.717) is 19.4 Å². The molecule has 1 atom stereocenters. The zero-order valence-electron chi connectivity index (χ0n) is 15.4. The number of rotatable bonds is 7. The van der Waals surface area contributed by atoms with Gasteiger partial charge in [0, 0.05) is 13.0 Å². The maximum Gasteiger partial charge on any atom is 0.261 e. The third-order valence-electron chi connectivity index (χ3n) is 4.54. The minimum Gasteiger partial charge on any atom is -0.407 e. The third-order valence-corrected chi connectivity index (χ3v) is 9.58. The molecule has 0 fully saturated rings. The zero-order chi connectivity index (χ0) is 18.3. The van der Waals surface area contributed by atoms with Crippen molar-refractivity contribution in [2.45, 2.75) is 44.8 Å². The summed E-state index contributed by atoms with van der Waals surface area (Å²) in [5.41, 5.74) is 0. The Balaban J connectivity index is 2.44. The average molecular weight is 353 g/mol. The highest BCUT2D eigenvalue weighted by Crippen LogP contribution is 2.36. The van der Waals surface area contributed by atoms with Crippen LogP contribution >= 0.6 is 0 Å². The molecule has 2 rings (SSSR count). The van der Waals surface area contributed by atoms with E-state index in [2.05, 4.69) is 75.2 Å². The smallest absolute Gasteiger partial charge is 0.261 e. The van der Waals surface area contributed by atoms with Crippen LogP contribution in [0.15, 0.2) is 60.7 Å². The Morgan fingerprint density at radius 2 is 1.48 bits per heavy atom. The molecule has 0 heterocycles. The highest BCUT2D eigenvalue weighted by molar-refractivity contribution is 6.99. The van der Waals surface area contributed by atoms with E-state index in [1.54, 1.807) is 0 Å². The second kappa shape index (κ2) is 8.49. The minimum atomic E-state index is -2.50. The van der Waals surface area contributed by atoms with Gasteiger partial charge in [-0.1, -0.05) is 81.4 Å². The van der Waals surface area contributed by atoms with Crippen LogP contribution in [0.3, 0.4) is 0 Å². The molecular weight excluding hydrogens is 324 g/mol. The monoisotopic (exact) mass is 352 g/mol. The molecule has 0 aliphatic carbocycles. The minimum absolute atomic E-state index is 0.0488. The van der Waals surface area contributed by atoms with Crippen molar-refractivity contribution in [2.24, 2.45) is 0 Å². The summed E-state index contributed by atoms with van der Waals surface area (Å²) in [6.07, 6.45) is 5.70. The molecule has 2 nitrogen and oxygen atoms in total. The first-order valence-corrected chi connectivity index (χ1v) is 10.7. The van der Waals surface area contributed by atoms with Gasteiger partial charge in [-0.15, -0.1) is 12.3 Å². The Morgan fingerprint density at radius 1 is 1.00 bits per heavy atom. The van der Waals surface area contributed by atoms with Crippen molar-refractivity contribution in [3.05, 3.63) is 60.7 Å². The van der Waals surface area contributed by atoms with E-state index in [0.717, 1.165) is 0 Å². The largest absolute Gasteiger partial charge is 0.407 e. The van der Waals surface area contributed by atoms with E-state index >= 15 is 0 Å². The number of hydrogen-bond acceptors (Lipinski definition) is 2. The van der Waals surface area contributed by atoms with Gasteiger partial charge < -0.3 is 9.53 Å². The van der Waals surface area contributed by atoms with Gasteiger partial charge in [0.05, 0.1) is 6.10 Å². The maximum atomic E-state index is 9.98. The van der Waals surface area contributed by atoms with Gasteiger partial charge in [-0.25, -0.2) is 0 Å². The van der Waals surface area contributed by atoms with Gasteiger partial charge in [-0.05, 0) is 21.8 Å². The van der Waals surface area contributed by atoms with Crippen molar-refractivity contribution in [3.63, 3.8) is 0 Å². The fourth-order valence-electron chi connectivity index (χ4n) is 3.35. The summed E-state index contributed by atoms with van der Waals surface area (Å²) >= 11 is 0. The van der Waals surface area contributed by atoms with Crippen LogP contribution in [-0.2, 0) is 4.43 Å². The first kappa shape index (κ1) is 19.5. The molecule has 1 N–H and O–H groups in total. The van der Waals surface area contributed by atoms with Gasteiger partial charge in [0.15, 0.2) is 0 Å². The fourth-order valence-corrected chi connectivity index (χ4v) is 7.93. The van der Waals surface area contributed by atoms with Crippen LogP contribution in [0.2, 0.25) is 5.04 Å². The van der Waals surface area contributed by atoms with Crippen LogP contribution < -0.4 is 10.4 Å². The molecule has 0 amide bonds. The number of terminal acetylenes is 1. The molecule has 132 valence electrons.